The van der Waals surface area contributed by atoms with Crippen LogP contribution in [0.5, 0.6) is 0 Å². The maximum Gasteiger partial charge on any atom is 0.263 e. The molecule has 4 rings (SSSR count). The fourth-order valence-electron chi connectivity index (χ4n) is 3.50. The van der Waals surface area contributed by atoms with E-state index in [4.69, 9.17) is 5.11 Å². The molecule has 1 aromatic carbocycles. The number of hydrogen-bond donors (Lipinski definition) is 3. The van der Waals surface area contributed by atoms with E-state index in [-0.39, 0.29) is 16.8 Å². The van der Waals surface area contributed by atoms with E-state index in [0.29, 0.717) is 43.2 Å². The van der Waals surface area contributed by atoms with Crippen molar-refractivity contribution in [1.82, 2.24) is 19.7 Å². The van der Waals surface area contributed by atoms with Gasteiger partial charge < -0.3 is 20.0 Å². The zero-order valence-electron chi connectivity index (χ0n) is 15.6. The summed E-state index contributed by atoms with van der Waals surface area (Å²) in [5.74, 6) is -1.22. The predicted molar refractivity (Wildman–Crippen MR) is 102 cm³/mol. The van der Waals surface area contributed by atoms with Crippen LogP contribution in [-0.4, -0.2) is 62.7 Å². The second-order valence-electron chi connectivity index (χ2n) is 6.90. The van der Waals surface area contributed by atoms with Crippen molar-refractivity contribution in [1.29, 1.82) is 0 Å². The number of halogens is 2. The Morgan fingerprint density at radius 3 is 2.41 bits per heavy atom. The molecule has 1 atom stereocenters. The number of aromatic nitrogens is 4. The summed E-state index contributed by atoms with van der Waals surface area (Å²) in [6.07, 6.45) is 0.112. The molecule has 3 aromatic rings. The molecule has 0 radical (unpaired) electrons. The number of fused-ring (bicyclic) bond motifs is 1. The van der Waals surface area contributed by atoms with Crippen LogP contribution in [0.2, 0.25) is 0 Å². The quantitative estimate of drug-likeness (QED) is 0.571. The summed E-state index contributed by atoms with van der Waals surface area (Å²) < 4.78 is 30.5. The molecule has 29 heavy (non-hydrogen) atoms. The number of aliphatic hydroxyl groups is 2. The number of hydrogen-bond acceptors (Lipinski definition) is 7. The van der Waals surface area contributed by atoms with Gasteiger partial charge in [-0.1, -0.05) is 0 Å². The fraction of sp³-hybridized carbons (Fsp3) is 0.389. The number of rotatable bonds is 4. The van der Waals surface area contributed by atoms with Crippen molar-refractivity contribution in [3.63, 3.8) is 0 Å². The van der Waals surface area contributed by atoms with Crippen LogP contribution in [-0.2, 0) is 7.05 Å². The molecule has 0 amide bonds. The Bertz CT molecular complexity index is 1080. The SMILES string of the molecule is Cn1ncc2c(=O)[nH]c(N3CCN(c4c(F)cc(C(O)CO)cc4F)CC3)nc21. The van der Waals surface area contributed by atoms with E-state index in [0.717, 1.165) is 12.1 Å². The van der Waals surface area contributed by atoms with Crippen LogP contribution in [0.15, 0.2) is 23.1 Å². The Morgan fingerprint density at radius 1 is 1.17 bits per heavy atom. The van der Waals surface area contributed by atoms with Crippen molar-refractivity contribution in [3.05, 3.63) is 45.9 Å². The molecule has 0 aliphatic carbocycles. The van der Waals surface area contributed by atoms with Crippen LogP contribution >= 0.6 is 0 Å². The van der Waals surface area contributed by atoms with Gasteiger partial charge in [0.15, 0.2) is 5.65 Å². The molecule has 1 aliphatic heterocycles. The minimum Gasteiger partial charge on any atom is -0.393 e. The standard InChI is InChI=1S/C18H20F2N6O3/c1-24-16-11(8-21-24)17(29)23-18(22-16)26-4-2-25(3-5-26)15-12(19)6-10(7-13(15)20)14(28)9-27/h6-8,14,27-28H,2-5,9H2,1H3,(H,22,23,29). The van der Waals surface area contributed by atoms with Gasteiger partial charge in [0.1, 0.15) is 28.8 Å². The van der Waals surface area contributed by atoms with Gasteiger partial charge in [0, 0.05) is 33.2 Å². The lowest BCUT2D eigenvalue weighted by Crippen LogP contribution is -2.48. The Kier molecular flexibility index (Phi) is 4.92. The first-order valence-electron chi connectivity index (χ1n) is 9.09. The largest absolute Gasteiger partial charge is 0.393 e. The first-order chi connectivity index (χ1) is 13.9. The molecule has 9 nitrogen and oxygen atoms in total. The Morgan fingerprint density at radius 2 is 1.79 bits per heavy atom. The average Bonchev–Trinajstić information content (AvgIpc) is 3.08. The summed E-state index contributed by atoms with van der Waals surface area (Å²) in [6.45, 7) is 0.785. The van der Waals surface area contributed by atoms with Crippen molar-refractivity contribution >= 4 is 22.7 Å². The van der Waals surface area contributed by atoms with Crippen LogP contribution in [0, 0.1) is 11.6 Å². The van der Waals surface area contributed by atoms with E-state index in [1.807, 2.05) is 4.90 Å². The highest BCUT2D eigenvalue weighted by Crippen LogP contribution is 2.28. The highest BCUT2D eigenvalue weighted by molar-refractivity contribution is 5.74. The number of nitrogens with one attached hydrogen (secondary N) is 1. The summed E-state index contributed by atoms with van der Waals surface area (Å²) in [7, 11) is 1.69. The molecule has 1 aliphatic rings. The third kappa shape index (κ3) is 3.42. The second kappa shape index (κ2) is 7.41. The molecule has 154 valence electrons. The number of aliphatic hydroxyl groups excluding tert-OH is 2. The Labute approximate surface area is 163 Å². The molecule has 0 saturated carbocycles. The summed E-state index contributed by atoms with van der Waals surface area (Å²) in [5, 5.41) is 23.0. The van der Waals surface area contributed by atoms with Crippen LogP contribution < -0.4 is 15.4 Å². The predicted octanol–water partition coefficient (Wildman–Crippen LogP) is 0.287. The van der Waals surface area contributed by atoms with Crippen molar-refractivity contribution in [3.8, 4) is 0 Å². The lowest BCUT2D eigenvalue weighted by Gasteiger charge is -2.36. The summed E-state index contributed by atoms with van der Waals surface area (Å²) in [4.78, 5) is 22.8. The van der Waals surface area contributed by atoms with Gasteiger partial charge in [0.2, 0.25) is 5.95 Å². The molecular weight excluding hydrogens is 386 g/mol. The van der Waals surface area contributed by atoms with Crippen molar-refractivity contribution in [2.75, 3.05) is 42.6 Å². The average molecular weight is 406 g/mol. The second-order valence-corrected chi connectivity index (χ2v) is 6.90. The molecule has 1 saturated heterocycles. The van der Waals surface area contributed by atoms with Gasteiger partial charge in [-0.3, -0.25) is 14.5 Å². The van der Waals surface area contributed by atoms with E-state index in [1.165, 1.54) is 10.9 Å². The lowest BCUT2D eigenvalue weighted by atomic mass is 10.1. The van der Waals surface area contributed by atoms with E-state index >= 15 is 0 Å². The van der Waals surface area contributed by atoms with E-state index in [1.54, 1.807) is 11.9 Å². The van der Waals surface area contributed by atoms with Gasteiger partial charge in [-0.05, 0) is 17.7 Å². The third-order valence-corrected chi connectivity index (χ3v) is 5.08. The molecule has 2 aromatic heterocycles. The maximum absolute atomic E-state index is 14.5. The molecule has 0 spiro atoms. The van der Waals surface area contributed by atoms with Gasteiger partial charge in [-0.2, -0.15) is 10.1 Å². The molecule has 1 fully saturated rings. The normalized spacial score (nSPS) is 15.9. The smallest absolute Gasteiger partial charge is 0.263 e. The van der Waals surface area contributed by atoms with Gasteiger partial charge in [0.05, 0.1) is 12.8 Å². The Hall–Kier alpha value is -3.05. The summed E-state index contributed by atoms with van der Waals surface area (Å²) in [6, 6.07) is 2.06. The monoisotopic (exact) mass is 406 g/mol. The number of H-pyrrole nitrogens is 1. The highest BCUT2D eigenvalue weighted by Gasteiger charge is 2.25. The number of benzene rings is 1. The minimum absolute atomic E-state index is 0.0175. The van der Waals surface area contributed by atoms with Gasteiger partial charge >= 0.3 is 0 Å². The van der Waals surface area contributed by atoms with Gasteiger partial charge in [0.25, 0.3) is 5.56 Å². The van der Waals surface area contributed by atoms with Crippen molar-refractivity contribution in [2.45, 2.75) is 6.10 Å². The van der Waals surface area contributed by atoms with Crippen LogP contribution in [0.3, 0.4) is 0 Å². The van der Waals surface area contributed by atoms with Crippen LogP contribution in [0.4, 0.5) is 20.4 Å². The molecule has 11 heteroatoms. The van der Waals surface area contributed by atoms with E-state index in [9.17, 15) is 18.7 Å². The molecule has 3 N–H and O–H groups in total. The van der Waals surface area contributed by atoms with Gasteiger partial charge in [-0.25, -0.2) is 8.78 Å². The van der Waals surface area contributed by atoms with E-state index in [2.05, 4.69) is 15.1 Å². The molecule has 1 unspecified atom stereocenters. The highest BCUT2D eigenvalue weighted by atomic mass is 19.1. The molecule has 3 heterocycles. The number of piperazine rings is 1. The number of nitrogens with zero attached hydrogens (tertiary/aromatic N) is 5. The summed E-state index contributed by atoms with van der Waals surface area (Å²) in [5.41, 5.74) is -0.0323. The maximum atomic E-state index is 14.5. The zero-order chi connectivity index (χ0) is 20.7. The fourth-order valence-corrected chi connectivity index (χ4v) is 3.50. The minimum atomic E-state index is -1.34. The zero-order valence-corrected chi connectivity index (χ0v) is 15.6. The summed E-state index contributed by atoms with van der Waals surface area (Å²) >= 11 is 0. The van der Waals surface area contributed by atoms with Crippen LogP contribution in [0.25, 0.3) is 11.0 Å². The van der Waals surface area contributed by atoms with Crippen molar-refractivity contribution in [2.24, 2.45) is 7.05 Å². The molecular formula is C18H20F2N6O3. The lowest BCUT2D eigenvalue weighted by molar-refractivity contribution is 0.0951. The van der Waals surface area contributed by atoms with Gasteiger partial charge in [-0.15, -0.1) is 0 Å². The first kappa shape index (κ1) is 19.3. The first-order valence-corrected chi connectivity index (χ1v) is 9.09. The number of aryl methyl sites for hydroxylation is 1. The number of aromatic amines is 1. The topological polar surface area (TPSA) is 111 Å². The Balaban J connectivity index is 1.54. The molecule has 0 bridgehead atoms. The van der Waals surface area contributed by atoms with E-state index < -0.39 is 24.3 Å². The van der Waals surface area contributed by atoms with Crippen LogP contribution in [0.1, 0.15) is 11.7 Å². The number of anilines is 2. The third-order valence-electron chi connectivity index (χ3n) is 5.08. The van der Waals surface area contributed by atoms with Crippen molar-refractivity contribution < 1.29 is 19.0 Å².